The van der Waals surface area contributed by atoms with Gasteiger partial charge in [0.25, 0.3) is 0 Å². The summed E-state index contributed by atoms with van der Waals surface area (Å²) in [6.45, 7) is 6.52. The van der Waals surface area contributed by atoms with Gasteiger partial charge in [-0.15, -0.1) is 0 Å². The average Bonchev–Trinajstić information content (AvgIpc) is 1.61. The summed E-state index contributed by atoms with van der Waals surface area (Å²) in [5.41, 5.74) is 0. The third-order valence-electron chi connectivity index (χ3n) is 0.463. The van der Waals surface area contributed by atoms with E-state index >= 15 is 0 Å². The molecule has 7 heavy (non-hydrogen) atoms. The minimum absolute atomic E-state index is 0.470. The lowest BCUT2D eigenvalue weighted by molar-refractivity contribution is 0.175. The number of rotatable bonds is 3. The Hall–Kier alpha value is -0.0100. The van der Waals surface area contributed by atoms with Crippen LogP contribution in [0.4, 0.5) is 0 Å². The summed E-state index contributed by atoms with van der Waals surface area (Å²) in [7, 11) is 0. The highest BCUT2D eigenvalue weighted by Gasteiger charge is 1.82. The minimum Gasteiger partial charge on any atom is -0.376 e. The van der Waals surface area contributed by atoms with Crippen molar-refractivity contribution in [1.82, 2.24) is 0 Å². The maximum Gasteiger partial charge on any atom is 0.0816 e. The van der Waals surface area contributed by atoms with Crippen LogP contribution in [0.5, 0.6) is 0 Å². The first-order chi connectivity index (χ1) is 3.27. The molecule has 0 N–H and O–H groups in total. The van der Waals surface area contributed by atoms with Gasteiger partial charge >= 0.3 is 0 Å². The van der Waals surface area contributed by atoms with Crippen molar-refractivity contribution in [2.75, 3.05) is 13.2 Å². The van der Waals surface area contributed by atoms with Crippen LogP contribution in [0.3, 0.4) is 0 Å². The molecule has 0 aliphatic rings. The number of ether oxygens (including phenoxy) is 1. The van der Waals surface area contributed by atoms with E-state index in [1.54, 1.807) is 0 Å². The van der Waals surface area contributed by atoms with Gasteiger partial charge in [-0.3, -0.25) is 0 Å². The van der Waals surface area contributed by atoms with Crippen LogP contribution in [0.15, 0.2) is 11.6 Å². The Balaban J connectivity index is 2.82. The lowest BCUT2D eigenvalue weighted by Gasteiger charge is -1.93. The molecule has 42 valence electrons. The predicted octanol–water partition coefficient (Wildman–Crippen LogP) is 1.78. The van der Waals surface area contributed by atoms with Crippen LogP contribution >= 0.6 is 11.6 Å². The number of hydrogen-bond donors (Lipinski definition) is 0. The molecule has 0 saturated carbocycles. The van der Waals surface area contributed by atoms with E-state index < -0.39 is 0 Å². The second-order valence-corrected chi connectivity index (χ2v) is 1.69. The summed E-state index contributed by atoms with van der Waals surface area (Å²) < 4.78 is 4.86. The quantitative estimate of drug-likeness (QED) is 0.552. The van der Waals surface area contributed by atoms with Crippen LogP contribution in [0.1, 0.15) is 6.92 Å². The fourth-order valence-corrected chi connectivity index (χ4v) is 0.290. The van der Waals surface area contributed by atoms with Crippen LogP contribution in [-0.2, 0) is 4.74 Å². The minimum atomic E-state index is 0.470. The molecule has 0 amide bonds. The summed E-state index contributed by atoms with van der Waals surface area (Å²) in [5.74, 6) is 0. The molecule has 2 heteroatoms. The first-order valence-electron chi connectivity index (χ1n) is 2.18. The average molecular weight is 121 g/mol. The molecule has 0 fully saturated rings. The van der Waals surface area contributed by atoms with Crippen LogP contribution in [0.25, 0.3) is 0 Å². The van der Waals surface area contributed by atoms with E-state index in [0.717, 1.165) is 0 Å². The van der Waals surface area contributed by atoms with Crippen molar-refractivity contribution in [2.45, 2.75) is 6.92 Å². The van der Waals surface area contributed by atoms with Crippen LogP contribution in [0.2, 0.25) is 0 Å². The van der Waals surface area contributed by atoms with Crippen LogP contribution < -0.4 is 0 Å². The second kappa shape index (κ2) is 4.16. The second-order valence-electron chi connectivity index (χ2n) is 1.15. The lowest BCUT2D eigenvalue weighted by atomic mass is 10.7. The molecule has 1 nitrogen and oxygen atoms in total. The molecule has 0 atom stereocenters. The molecular weight excluding hydrogens is 112 g/mol. The van der Waals surface area contributed by atoms with E-state index in [0.29, 0.717) is 18.2 Å². The van der Waals surface area contributed by atoms with Gasteiger partial charge in [0.15, 0.2) is 0 Å². The summed E-state index contributed by atoms with van der Waals surface area (Å²) in [6.07, 6.45) is 0. The van der Waals surface area contributed by atoms with Gasteiger partial charge in [-0.1, -0.05) is 18.2 Å². The molecular formula is C5H9ClO. The first-order valence-corrected chi connectivity index (χ1v) is 2.56. The molecule has 0 aromatic rings. The maximum atomic E-state index is 5.34. The SMILES string of the molecule is C=C(Cl)COCC. The van der Waals surface area contributed by atoms with Gasteiger partial charge in [-0.2, -0.15) is 0 Å². The maximum absolute atomic E-state index is 5.34. The Labute approximate surface area is 48.9 Å². The summed E-state index contributed by atoms with van der Waals surface area (Å²) >= 11 is 5.34. The highest BCUT2D eigenvalue weighted by atomic mass is 35.5. The van der Waals surface area contributed by atoms with Crippen molar-refractivity contribution in [3.8, 4) is 0 Å². The molecule has 0 radical (unpaired) electrons. The van der Waals surface area contributed by atoms with E-state index in [1.165, 1.54) is 0 Å². The van der Waals surface area contributed by atoms with E-state index in [4.69, 9.17) is 16.3 Å². The van der Waals surface area contributed by atoms with Crippen molar-refractivity contribution in [3.63, 3.8) is 0 Å². The van der Waals surface area contributed by atoms with Crippen LogP contribution in [-0.4, -0.2) is 13.2 Å². The molecule has 0 bridgehead atoms. The third-order valence-corrected chi connectivity index (χ3v) is 0.572. The van der Waals surface area contributed by atoms with Crippen molar-refractivity contribution < 1.29 is 4.74 Å². The zero-order valence-corrected chi connectivity index (χ0v) is 5.16. The normalized spacial score (nSPS) is 8.86. The Bertz CT molecular complexity index is 61.1. The first kappa shape index (κ1) is 6.99. The molecule has 0 rings (SSSR count). The highest BCUT2D eigenvalue weighted by Crippen LogP contribution is 1.94. The lowest BCUT2D eigenvalue weighted by Crippen LogP contribution is -1.90. The van der Waals surface area contributed by atoms with Gasteiger partial charge in [0.05, 0.1) is 6.61 Å². The molecule has 0 spiro atoms. The Morgan fingerprint density at radius 2 is 2.43 bits per heavy atom. The summed E-state index contributed by atoms with van der Waals surface area (Å²) in [6, 6.07) is 0. The zero-order chi connectivity index (χ0) is 5.70. The van der Waals surface area contributed by atoms with E-state index in [9.17, 15) is 0 Å². The van der Waals surface area contributed by atoms with Crippen molar-refractivity contribution in [1.29, 1.82) is 0 Å². The predicted molar refractivity (Wildman–Crippen MR) is 31.5 cm³/mol. The van der Waals surface area contributed by atoms with E-state index in [2.05, 4.69) is 6.58 Å². The molecule has 0 aromatic heterocycles. The van der Waals surface area contributed by atoms with E-state index in [-0.39, 0.29) is 0 Å². The van der Waals surface area contributed by atoms with Crippen LogP contribution in [0, 0.1) is 0 Å². The van der Waals surface area contributed by atoms with Gasteiger partial charge in [0.1, 0.15) is 0 Å². The van der Waals surface area contributed by atoms with Crippen molar-refractivity contribution in [2.24, 2.45) is 0 Å². The van der Waals surface area contributed by atoms with Gasteiger partial charge in [0.2, 0.25) is 0 Å². The van der Waals surface area contributed by atoms with Gasteiger partial charge in [0, 0.05) is 11.6 Å². The topological polar surface area (TPSA) is 9.23 Å². The van der Waals surface area contributed by atoms with Gasteiger partial charge < -0.3 is 4.74 Å². The third kappa shape index (κ3) is 5.99. The summed E-state index contributed by atoms with van der Waals surface area (Å²) in [4.78, 5) is 0. The Kier molecular flexibility index (Phi) is 4.15. The molecule has 0 heterocycles. The fraction of sp³-hybridized carbons (Fsp3) is 0.600. The number of halogens is 1. The smallest absolute Gasteiger partial charge is 0.0816 e. The van der Waals surface area contributed by atoms with Crippen molar-refractivity contribution >= 4 is 11.6 Å². The Morgan fingerprint density at radius 3 is 2.57 bits per heavy atom. The molecule has 0 aliphatic carbocycles. The number of hydrogen-bond acceptors (Lipinski definition) is 1. The molecule has 0 saturated heterocycles. The zero-order valence-electron chi connectivity index (χ0n) is 4.41. The molecule has 0 aromatic carbocycles. The van der Waals surface area contributed by atoms with Gasteiger partial charge in [-0.25, -0.2) is 0 Å². The monoisotopic (exact) mass is 120 g/mol. The molecule has 0 unspecified atom stereocenters. The Morgan fingerprint density at radius 1 is 1.86 bits per heavy atom. The summed E-state index contributed by atoms with van der Waals surface area (Å²) in [5, 5.41) is 0.557. The highest BCUT2D eigenvalue weighted by molar-refractivity contribution is 6.29. The standard InChI is InChI=1S/C5H9ClO/c1-3-7-4-5(2)6/h2-4H2,1H3. The van der Waals surface area contributed by atoms with Gasteiger partial charge in [-0.05, 0) is 6.92 Å². The fourth-order valence-electron chi connectivity index (χ4n) is 0.213. The van der Waals surface area contributed by atoms with Crippen molar-refractivity contribution in [3.05, 3.63) is 11.6 Å². The largest absolute Gasteiger partial charge is 0.376 e. The van der Waals surface area contributed by atoms with E-state index in [1.807, 2.05) is 6.92 Å². The molecule has 0 aliphatic heterocycles.